The molecule has 0 amide bonds. The second-order valence-corrected chi connectivity index (χ2v) is 1.95. The van der Waals surface area contributed by atoms with Crippen molar-refractivity contribution >= 4 is 33.3 Å². The molecule has 0 bridgehead atoms. The predicted molar refractivity (Wildman–Crippen MR) is 39.6 cm³/mol. The second kappa shape index (κ2) is 10.8. The third-order valence-corrected chi connectivity index (χ3v) is 1.08. The van der Waals surface area contributed by atoms with E-state index in [4.69, 9.17) is 5.50 Å². The minimum Gasteiger partial charge on any atom is -0.326 e. The summed E-state index contributed by atoms with van der Waals surface area (Å²) in [5, 5.41) is 0. The van der Waals surface area contributed by atoms with Crippen LogP contribution in [0.2, 0.25) is 0 Å². The number of nitrogens with two attached hydrogens (primary N) is 1. The fraction of sp³-hybridized carbons (Fsp3) is 1.00. The van der Waals surface area contributed by atoms with Crippen LogP contribution in [0.15, 0.2) is 0 Å². The summed E-state index contributed by atoms with van der Waals surface area (Å²) in [6.45, 7) is 0. The minimum atomic E-state index is -1.08. The van der Waals surface area contributed by atoms with Crippen LogP contribution in [0.5, 0.6) is 0 Å². The first-order chi connectivity index (χ1) is 2.81. The topological polar surface area (TPSA) is 44.5 Å². The first-order valence-electron chi connectivity index (χ1n) is 1.44. The molecule has 0 radical (unpaired) electrons. The van der Waals surface area contributed by atoms with Crippen molar-refractivity contribution in [3.8, 4) is 0 Å². The third kappa shape index (κ3) is 10.00. The van der Waals surface area contributed by atoms with Crippen molar-refractivity contribution in [3.05, 3.63) is 0 Å². The second-order valence-electron chi connectivity index (χ2n) is 0.651. The molecular weight excluding hydrogens is 172 g/mol. The van der Waals surface area contributed by atoms with Crippen LogP contribution in [-0.2, 0) is 9.05 Å². The van der Waals surface area contributed by atoms with Gasteiger partial charge in [-0.2, -0.15) is 0 Å². The minimum absolute atomic E-state index is 0. The number of hydrogen-bond donors (Lipinski definition) is 1. The van der Waals surface area contributed by atoms with E-state index in [1.165, 1.54) is 14.2 Å². The Morgan fingerprint density at radius 2 is 1.38 bits per heavy atom. The van der Waals surface area contributed by atoms with E-state index < -0.39 is 8.53 Å². The van der Waals surface area contributed by atoms with E-state index in [1.54, 1.807) is 0 Å². The Bertz CT molecular complexity index is 37.2. The third-order valence-electron chi connectivity index (χ3n) is 0.360. The maximum atomic E-state index is 5.09. The van der Waals surface area contributed by atoms with E-state index in [0.29, 0.717) is 0 Å². The molecule has 8 heavy (non-hydrogen) atoms. The summed E-state index contributed by atoms with van der Waals surface area (Å²) >= 11 is 0. The van der Waals surface area contributed by atoms with Gasteiger partial charge in [-0.3, -0.25) is 5.50 Å². The van der Waals surface area contributed by atoms with E-state index >= 15 is 0 Å². The maximum Gasteiger partial charge on any atom is 0.252 e. The van der Waals surface area contributed by atoms with Crippen molar-refractivity contribution in [2.45, 2.75) is 0 Å². The van der Waals surface area contributed by atoms with Crippen molar-refractivity contribution in [1.29, 1.82) is 0 Å². The highest BCUT2D eigenvalue weighted by molar-refractivity contribution is 7.44. The lowest BCUT2D eigenvalue weighted by atomic mass is 11.8. The van der Waals surface area contributed by atoms with Crippen molar-refractivity contribution < 1.29 is 9.05 Å². The molecule has 0 aliphatic heterocycles. The molecule has 0 rings (SSSR count). The molecule has 0 heterocycles. The fourth-order valence-electron chi connectivity index (χ4n) is 0.0745. The van der Waals surface area contributed by atoms with Gasteiger partial charge in [0, 0.05) is 14.2 Å². The average molecular weight is 182 g/mol. The molecule has 0 unspecified atom stereocenters. The van der Waals surface area contributed by atoms with Crippen LogP contribution in [0.1, 0.15) is 0 Å². The molecule has 0 fully saturated rings. The first kappa shape index (κ1) is 16.0. The Kier molecular flexibility index (Phi) is 21.5. The molecule has 6 heteroatoms. The van der Waals surface area contributed by atoms with Crippen LogP contribution >= 0.6 is 33.3 Å². The molecule has 54 valence electrons. The van der Waals surface area contributed by atoms with E-state index in [9.17, 15) is 0 Å². The van der Waals surface area contributed by atoms with Crippen molar-refractivity contribution in [2.24, 2.45) is 5.50 Å². The largest absolute Gasteiger partial charge is 0.326 e. The van der Waals surface area contributed by atoms with Crippen LogP contribution in [0.25, 0.3) is 0 Å². The lowest BCUT2D eigenvalue weighted by Crippen LogP contribution is -1.90. The first-order valence-corrected chi connectivity index (χ1v) is 2.69. The number of hydrogen-bond acceptors (Lipinski definition) is 3. The molecule has 0 saturated heterocycles. The summed E-state index contributed by atoms with van der Waals surface area (Å²) < 4.78 is 9.04. The molecule has 0 spiro atoms. The van der Waals surface area contributed by atoms with Gasteiger partial charge in [0.15, 0.2) is 0 Å². The maximum absolute atomic E-state index is 5.09. The van der Waals surface area contributed by atoms with E-state index in [-0.39, 0.29) is 24.8 Å². The van der Waals surface area contributed by atoms with Crippen LogP contribution < -0.4 is 5.50 Å². The molecule has 0 aromatic heterocycles. The van der Waals surface area contributed by atoms with Gasteiger partial charge in [0.1, 0.15) is 0 Å². The zero-order chi connectivity index (χ0) is 4.99. The average Bonchev–Trinajstić information content (AvgIpc) is 1.65. The van der Waals surface area contributed by atoms with Gasteiger partial charge in [0.05, 0.1) is 0 Å². The van der Waals surface area contributed by atoms with E-state index in [0.717, 1.165) is 0 Å². The Hall–Kier alpha value is 0.890. The molecule has 0 aliphatic rings. The number of rotatable bonds is 2. The zero-order valence-corrected chi connectivity index (χ0v) is 7.18. The summed E-state index contributed by atoms with van der Waals surface area (Å²) in [6, 6.07) is 0. The number of halogens is 2. The Morgan fingerprint density at radius 3 is 1.38 bits per heavy atom. The van der Waals surface area contributed by atoms with Crippen LogP contribution in [0.4, 0.5) is 0 Å². The Balaban J connectivity index is -0.000000125. The molecule has 0 aromatic rings. The Labute approximate surface area is 62.7 Å². The lowest BCUT2D eigenvalue weighted by molar-refractivity contribution is 0.341. The molecule has 0 atom stereocenters. The van der Waals surface area contributed by atoms with Crippen molar-refractivity contribution in [3.63, 3.8) is 0 Å². The van der Waals surface area contributed by atoms with Gasteiger partial charge >= 0.3 is 0 Å². The van der Waals surface area contributed by atoms with Crippen molar-refractivity contribution in [1.82, 2.24) is 0 Å². The van der Waals surface area contributed by atoms with Gasteiger partial charge in [0.2, 0.25) is 0 Å². The quantitative estimate of drug-likeness (QED) is 0.654. The highest BCUT2D eigenvalue weighted by Crippen LogP contribution is 2.23. The van der Waals surface area contributed by atoms with Crippen molar-refractivity contribution in [2.75, 3.05) is 14.2 Å². The summed E-state index contributed by atoms with van der Waals surface area (Å²) in [6.07, 6.45) is 0. The van der Waals surface area contributed by atoms with E-state index in [1.807, 2.05) is 0 Å². The summed E-state index contributed by atoms with van der Waals surface area (Å²) in [5.41, 5.74) is 5.09. The van der Waals surface area contributed by atoms with Crippen LogP contribution in [0.3, 0.4) is 0 Å². The lowest BCUT2D eigenvalue weighted by Gasteiger charge is -2.00. The van der Waals surface area contributed by atoms with E-state index in [2.05, 4.69) is 9.05 Å². The highest BCUT2D eigenvalue weighted by atomic mass is 35.5. The highest BCUT2D eigenvalue weighted by Gasteiger charge is 1.90. The SMILES string of the molecule is COP(N)OC.Cl.Cl. The standard InChI is InChI=1S/C2H8NO2P.2ClH/c1-4-6(3)5-2;;/h3H2,1-2H3;2*1H. The summed E-state index contributed by atoms with van der Waals surface area (Å²) in [7, 11) is 1.94. The molecule has 2 N–H and O–H groups in total. The van der Waals surface area contributed by atoms with Crippen LogP contribution in [-0.4, -0.2) is 14.2 Å². The Morgan fingerprint density at radius 1 is 1.12 bits per heavy atom. The van der Waals surface area contributed by atoms with Gasteiger partial charge < -0.3 is 9.05 Å². The monoisotopic (exact) mass is 181 g/mol. The molecule has 0 aliphatic carbocycles. The van der Waals surface area contributed by atoms with Gasteiger partial charge in [0.25, 0.3) is 8.53 Å². The van der Waals surface area contributed by atoms with Gasteiger partial charge in [-0.15, -0.1) is 24.8 Å². The smallest absolute Gasteiger partial charge is 0.252 e. The summed E-state index contributed by atoms with van der Waals surface area (Å²) in [5.74, 6) is 0. The van der Waals surface area contributed by atoms with Gasteiger partial charge in [-0.05, 0) is 0 Å². The summed E-state index contributed by atoms with van der Waals surface area (Å²) in [4.78, 5) is 0. The molecule has 3 nitrogen and oxygen atoms in total. The van der Waals surface area contributed by atoms with Gasteiger partial charge in [-0.25, -0.2) is 0 Å². The predicted octanol–water partition coefficient (Wildman–Crippen LogP) is 1.31. The zero-order valence-electron chi connectivity index (χ0n) is 4.66. The van der Waals surface area contributed by atoms with Gasteiger partial charge in [-0.1, -0.05) is 0 Å². The normalized spacial score (nSPS) is 7.50. The molecular formula is C2H10Cl2NO2P. The molecule has 0 aromatic carbocycles. The molecule has 0 saturated carbocycles. The fourth-order valence-corrected chi connectivity index (χ4v) is 0.224. The van der Waals surface area contributed by atoms with Crippen LogP contribution in [0, 0.1) is 0 Å².